The van der Waals surface area contributed by atoms with Crippen molar-refractivity contribution in [2.24, 2.45) is 0 Å². The number of rotatable bonds is 8. The molecule has 4 heteroatoms. The van der Waals surface area contributed by atoms with Crippen LogP contribution in [0, 0.1) is 13.8 Å². The normalized spacial score (nSPS) is 18.1. The standard InChI is InChI=1S/C17H23NO3/c1-4-17(19)18-6-5-16(21-11-15-10-20-15)14-8-12(2)7-13(3)9-14/h4,7-9,15-16H,1,5-6,10-11H2,2-3H3,(H,18,19). The van der Waals surface area contributed by atoms with Crippen LogP contribution in [0.5, 0.6) is 0 Å². The summed E-state index contributed by atoms with van der Waals surface area (Å²) in [7, 11) is 0. The van der Waals surface area contributed by atoms with Gasteiger partial charge in [0, 0.05) is 6.54 Å². The first-order chi connectivity index (χ1) is 10.1. The molecular formula is C17H23NO3. The zero-order valence-electron chi connectivity index (χ0n) is 12.7. The monoisotopic (exact) mass is 289 g/mol. The fourth-order valence-corrected chi connectivity index (χ4v) is 2.33. The summed E-state index contributed by atoms with van der Waals surface area (Å²) >= 11 is 0. The van der Waals surface area contributed by atoms with E-state index >= 15 is 0 Å². The molecule has 0 aliphatic carbocycles. The molecule has 1 aromatic rings. The molecule has 114 valence electrons. The summed E-state index contributed by atoms with van der Waals surface area (Å²) < 4.78 is 11.2. The van der Waals surface area contributed by atoms with E-state index in [-0.39, 0.29) is 18.1 Å². The highest BCUT2D eigenvalue weighted by atomic mass is 16.6. The van der Waals surface area contributed by atoms with E-state index < -0.39 is 0 Å². The second-order valence-electron chi connectivity index (χ2n) is 5.48. The van der Waals surface area contributed by atoms with Crippen LogP contribution in [0.1, 0.15) is 29.2 Å². The number of carbonyl (C=O) groups excluding carboxylic acids is 1. The van der Waals surface area contributed by atoms with Gasteiger partial charge in [-0.3, -0.25) is 4.79 Å². The molecule has 4 nitrogen and oxygen atoms in total. The lowest BCUT2D eigenvalue weighted by molar-refractivity contribution is -0.116. The summed E-state index contributed by atoms with van der Waals surface area (Å²) in [5.41, 5.74) is 3.59. The molecule has 1 N–H and O–H groups in total. The SMILES string of the molecule is C=CC(=O)NCCC(OCC1CO1)c1cc(C)cc(C)c1. The lowest BCUT2D eigenvalue weighted by Crippen LogP contribution is -2.24. The first-order valence-electron chi connectivity index (χ1n) is 7.30. The molecule has 1 aliphatic rings. The van der Waals surface area contributed by atoms with Gasteiger partial charge in [0.15, 0.2) is 0 Å². The lowest BCUT2D eigenvalue weighted by Gasteiger charge is -2.19. The summed E-state index contributed by atoms with van der Waals surface area (Å²) in [6, 6.07) is 6.42. The zero-order valence-corrected chi connectivity index (χ0v) is 12.7. The van der Waals surface area contributed by atoms with E-state index in [0.717, 1.165) is 18.6 Å². The third-order valence-electron chi connectivity index (χ3n) is 3.39. The van der Waals surface area contributed by atoms with E-state index in [0.29, 0.717) is 13.2 Å². The Morgan fingerprint density at radius 3 is 2.71 bits per heavy atom. The molecule has 0 saturated carbocycles. The summed E-state index contributed by atoms with van der Waals surface area (Å²) in [6.07, 6.45) is 2.22. The van der Waals surface area contributed by atoms with E-state index in [1.165, 1.54) is 17.2 Å². The Kier molecular flexibility index (Phi) is 5.53. The summed E-state index contributed by atoms with van der Waals surface area (Å²) in [6.45, 7) is 9.56. The van der Waals surface area contributed by atoms with Crippen molar-refractivity contribution in [2.75, 3.05) is 19.8 Å². The van der Waals surface area contributed by atoms with Gasteiger partial charge in [0.25, 0.3) is 0 Å². The van der Waals surface area contributed by atoms with Gasteiger partial charge < -0.3 is 14.8 Å². The molecule has 0 radical (unpaired) electrons. The fourth-order valence-electron chi connectivity index (χ4n) is 2.33. The first kappa shape index (κ1) is 15.7. The maximum Gasteiger partial charge on any atom is 0.243 e. The number of epoxide rings is 1. The maximum atomic E-state index is 11.2. The molecule has 2 atom stereocenters. The minimum Gasteiger partial charge on any atom is -0.371 e. The Morgan fingerprint density at radius 1 is 1.48 bits per heavy atom. The van der Waals surface area contributed by atoms with Gasteiger partial charge >= 0.3 is 0 Å². The van der Waals surface area contributed by atoms with E-state index in [9.17, 15) is 4.79 Å². The van der Waals surface area contributed by atoms with Crippen molar-refractivity contribution in [2.45, 2.75) is 32.5 Å². The molecule has 2 rings (SSSR count). The van der Waals surface area contributed by atoms with Crippen molar-refractivity contribution >= 4 is 5.91 Å². The number of hydrogen-bond donors (Lipinski definition) is 1. The Balaban J connectivity index is 1.98. The van der Waals surface area contributed by atoms with Gasteiger partial charge in [-0.2, -0.15) is 0 Å². The molecule has 0 spiro atoms. The van der Waals surface area contributed by atoms with E-state index in [2.05, 4.69) is 43.9 Å². The van der Waals surface area contributed by atoms with Gasteiger partial charge in [-0.05, 0) is 31.9 Å². The van der Waals surface area contributed by atoms with Gasteiger partial charge in [-0.25, -0.2) is 0 Å². The van der Waals surface area contributed by atoms with Crippen molar-refractivity contribution in [1.29, 1.82) is 0 Å². The van der Waals surface area contributed by atoms with Gasteiger partial charge in [0.05, 0.1) is 19.3 Å². The van der Waals surface area contributed by atoms with Gasteiger partial charge in [-0.1, -0.05) is 35.9 Å². The van der Waals surface area contributed by atoms with E-state index in [1.54, 1.807) is 0 Å². The summed E-state index contributed by atoms with van der Waals surface area (Å²) in [5, 5.41) is 2.80. The number of ether oxygens (including phenoxy) is 2. The van der Waals surface area contributed by atoms with Crippen molar-refractivity contribution in [3.8, 4) is 0 Å². The number of carbonyl (C=O) groups is 1. The van der Waals surface area contributed by atoms with Crippen LogP contribution >= 0.6 is 0 Å². The maximum absolute atomic E-state index is 11.2. The Morgan fingerprint density at radius 2 is 2.14 bits per heavy atom. The third kappa shape index (κ3) is 5.33. The van der Waals surface area contributed by atoms with Crippen LogP contribution in [-0.2, 0) is 14.3 Å². The van der Waals surface area contributed by atoms with Crippen molar-refractivity contribution in [3.63, 3.8) is 0 Å². The molecule has 21 heavy (non-hydrogen) atoms. The van der Waals surface area contributed by atoms with E-state index in [1.807, 2.05) is 0 Å². The molecule has 0 aromatic heterocycles. The van der Waals surface area contributed by atoms with Crippen LogP contribution in [0.4, 0.5) is 0 Å². The molecule has 1 amide bonds. The van der Waals surface area contributed by atoms with Crippen molar-refractivity contribution < 1.29 is 14.3 Å². The average Bonchev–Trinajstić information content (AvgIpc) is 3.25. The highest BCUT2D eigenvalue weighted by molar-refractivity contribution is 5.86. The second-order valence-corrected chi connectivity index (χ2v) is 5.48. The molecule has 1 heterocycles. The van der Waals surface area contributed by atoms with Gasteiger partial charge in [0.1, 0.15) is 6.10 Å². The number of amides is 1. The summed E-state index contributed by atoms with van der Waals surface area (Å²) in [5.74, 6) is -0.153. The van der Waals surface area contributed by atoms with Gasteiger partial charge in [0.2, 0.25) is 5.91 Å². The minimum absolute atomic E-state index is 0.0297. The third-order valence-corrected chi connectivity index (χ3v) is 3.39. The molecule has 1 aromatic carbocycles. The largest absolute Gasteiger partial charge is 0.371 e. The number of nitrogens with one attached hydrogen (secondary N) is 1. The van der Waals surface area contributed by atoms with Crippen LogP contribution < -0.4 is 5.32 Å². The van der Waals surface area contributed by atoms with Crippen LogP contribution in [0.3, 0.4) is 0 Å². The Bertz CT molecular complexity index is 489. The van der Waals surface area contributed by atoms with Gasteiger partial charge in [-0.15, -0.1) is 0 Å². The molecule has 1 fully saturated rings. The van der Waals surface area contributed by atoms with Crippen LogP contribution in [0.2, 0.25) is 0 Å². The number of hydrogen-bond acceptors (Lipinski definition) is 3. The predicted octanol–water partition coefficient (Wildman–Crippen LogP) is 2.45. The topological polar surface area (TPSA) is 50.9 Å². The first-order valence-corrected chi connectivity index (χ1v) is 7.30. The molecule has 1 saturated heterocycles. The molecule has 1 aliphatic heterocycles. The highest BCUT2D eigenvalue weighted by Gasteiger charge is 2.25. The molecule has 0 bridgehead atoms. The molecule has 2 unspecified atom stereocenters. The molecular weight excluding hydrogens is 266 g/mol. The lowest BCUT2D eigenvalue weighted by atomic mass is 10.0. The van der Waals surface area contributed by atoms with E-state index in [4.69, 9.17) is 9.47 Å². The Labute approximate surface area is 126 Å². The fraction of sp³-hybridized carbons (Fsp3) is 0.471. The van der Waals surface area contributed by atoms with Crippen molar-refractivity contribution in [3.05, 3.63) is 47.5 Å². The minimum atomic E-state index is -0.153. The Hall–Kier alpha value is -1.65. The average molecular weight is 289 g/mol. The highest BCUT2D eigenvalue weighted by Crippen LogP contribution is 2.25. The predicted molar refractivity (Wildman–Crippen MR) is 82.2 cm³/mol. The smallest absolute Gasteiger partial charge is 0.243 e. The quantitative estimate of drug-likeness (QED) is 0.591. The van der Waals surface area contributed by atoms with Crippen LogP contribution in [-0.4, -0.2) is 31.8 Å². The van der Waals surface area contributed by atoms with Crippen molar-refractivity contribution in [1.82, 2.24) is 5.32 Å². The van der Waals surface area contributed by atoms with Crippen LogP contribution in [0.25, 0.3) is 0 Å². The van der Waals surface area contributed by atoms with Crippen LogP contribution in [0.15, 0.2) is 30.9 Å². The number of benzene rings is 1. The number of aryl methyl sites for hydroxylation is 2. The second kappa shape index (κ2) is 7.38. The summed E-state index contributed by atoms with van der Waals surface area (Å²) in [4.78, 5) is 11.2. The zero-order chi connectivity index (χ0) is 15.2.